The lowest BCUT2D eigenvalue weighted by molar-refractivity contribution is -0.384. The summed E-state index contributed by atoms with van der Waals surface area (Å²) in [4.78, 5) is 43.2. The zero-order valence-electron chi connectivity index (χ0n) is 20.8. The molecule has 2 unspecified atom stereocenters. The quantitative estimate of drug-likeness (QED) is 0.403. The molecule has 0 saturated carbocycles. The maximum atomic E-state index is 13.6. The number of halogens is 1. The molecule has 10 nitrogen and oxygen atoms in total. The van der Waals surface area contributed by atoms with E-state index in [4.69, 9.17) is 4.74 Å². The number of nitro benzene ring substituents is 1. The van der Waals surface area contributed by atoms with Crippen LogP contribution in [0.5, 0.6) is 0 Å². The molecule has 2 atom stereocenters. The van der Waals surface area contributed by atoms with Crippen LogP contribution in [0.15, 0.2) is 48.5 Å². The van der Waals surface area contributed by atoms with Gasteiger partial charge in [-0.05, 0) is 36.2 Å². The lowest BCUT2D eigenvalue weighted by Crippen LogP contribution is -2.53. The van der Waals surface area contributed by atoms with Crippen molar-refractivity contribution in [3.05, 3.63) is 75.6 Å². The summed E-state index contributed by atoms with van der Waals surface area (Å²) in [5.74, 6) is -0.822. The van der Waals surface area contributed by atoms with Crippen molar-refractivity contribution in [2.45, 2.75) is 25.0 Å². The lowest BCUT2D eigenvalue weighted by Gasteiger charge is -2.32. The number of nitrogens with one attached hydrogen (secondary N) is 1. The lowest BCUT2D eigenvalue weighted by atomic mass is 10.1. The molecule has 4 rings (SSSR count). The number of non-ortho nitro benzene ring substituents is 1. The van der Waals surface area contributed by atoms with Crippen molar-refractivity contribution >= 4 is 17.5 Å². The minimum Gasteiger partial charge on any atom is -0.383 e. The second-order valence-electron chi connectivity index (χ2n) is 9.33. The first-order valence-electron chi connectivity index (χ1n) is 12.4. The monoisotopic (exact) mass is 513 g/mol. The van der Waals surface area contributed by atoms with Crippen molar-refractivity contribution in [3.63, 3.8) is 0 Å². The third-order valence-corrected chi connectivity index (χ3v) is 6.98. The van der Waals surface area contributed by atoms with Gasteiger partial charge in [-0.15, -0.1) is 0 Å². The van der Waals surface area contributed by atoms with Crippen LogP contribution in [0.1, 0.15) is 22.3 Å². The maximum Gasteiger partial charge on any atom is 0.269 e. The predicted molar refractivity (Wildman–Crippen MR) is 134 cm³/mol. The summed E-state index contributed by atoms with van der Waals surface area (Å²) in [6, 6.07) is 11.0. The van der Waals surface area contributed by atoms with Crippen LogP contribution in [0, 0.1) is 15.9 Å². The van der Waals surface area contributed by atoms with Crippen molar-refractivity contribution in [2.75, 3.05) is 53.0 Å². The Hall–Kier alpha value is -3.41. The molecule has 11 heteroatoms. The SMILES string of the molecule is COCCN(Cc1ccc([N+](=O)[O-])cc1)C1CC(C(=O)N2CCNCC2)N(C(=O)c2ccc(F)cc2)C1. The van der Waals surface area contributed by atoms with Crippen LogP contribution in [0.3, 0.4) is 0 Å². The first-order valence-corrected chi connectivity index (χ1v) is 12.4. The summed E-state index contributed by atoms with van der Waals surface area (Å²) in [5.41, 5.74) is 1.24. The second kappa shape index (κ2) is 12.2. The molecule has 37 heavy (non-hydrogen) atoms. The molecule has 2 heterocycles. The highest BCUT2D eigenvalue weighted by Gasteiger charge is 2.43. The molecule has 2 saturated heterocycles. The van der Waals surface area contributed by atoms with E-state index < -0.39 is 16.8 Å². The second-order valence-corrected chi connectivity index (χ2v) is 9.33. The molecule has 0 radical (unpaired) electrons. The van der Waals surface area contributed by atoms with E-state index in [9.17, 15) is 24.1 Å². The number of nitrogens with zero attached hydrogens (tertiary/aromatic N) is 4. The first kappa shape index (κ1) is 26.6. The fraction of sp³-hybridized carbons (Fsp3) is 0.462. The summed E-state index contributed by atoms with van der Waals surface area (Å²) >= 11 is 0. The van der Waals surface area contributed by atoms with E-state index in [1.165, 1.54) is 36.4 Å². The molecule has 0 aliphatic carbocycles. The highest BCUT2D eigenvalue weighted by atomic mass is 19.1. The number of likely N-dealkylation sites (tertiary alicyclic amines) is 1. The van der Waals surface area contributed by atoms with Crippen LogP contribution in [0.2, 0.25) is 0 Å². The zero-order valence-corrected chi connectivity index (χ0v) is 20.8. The molecular formula is C26H32FN5O5. The van der Waals surface area contributed by atoms with Crippen molar-refractivity contribution in [1.29, 1.82) is 0 Å². The van der Waals surface area contributed by atoms with Crippen LogP contribution in [0.4, 0.5) is 10.1 Å². The maximum absolute atomic E-state index is 13.6. The molecule has 198 valence electrons. The Kier molecular flexibility index (Phi) is 8.80. The number of ether oxygens (including phenoxy) is 1. The van der Waals surface area contributed by atoms with Gasteiger partial charge in [-0.25, -0.2) is 4.39 Å². The van der Waals surface area contributed by atoms with Gasteiger partial charge in [-0.2, -0.15) is 0 Å². The van der Waals surface area contributed by atoms with Gasteiger partial charge in [0.2, 0.25) is 5.91 Å². The normalized spacial score (nSPS) is 19.9. The standard InChI is InChI=1S/C26H32FN5O5/c1-37-15-14-30(17-19-2-8-22(9-3-19)32(35)36)23-16-24(26(34)29-12-10-28-11-13-29)31(18-23)25(33)20-4-6-21(27)7-5-20/h2-9,23-24,28H,10-18H2,1H3. The minimum absolute atomic E-state index is 0.0193. The molecule has 2 amide bonds. The summed E-state index contributed by atoms with van der Waals surface area (Å²) in [6.45, 7) is 4.39. The van der Waals surface area contributed by atoms with Crippen molar-refractivity contribution in [3.8, 4) is 0 Å². The Labute approximate surface area is 215 Å². The summed E-state index contributed by atoms with van der Waals surface area (Å²) in [6.07, 6.45) is 0.451. The Bertz CT molecular complexity index is 1090. The zero-order chi connectivity index (χ0) is 26.4. The fourth-order valence-corrected chi connectivity index (χ4v) is 4.95. The summed E-state index contributed by atoms with van der Waals surface area (Å²) < 4.78 is 18.8. The molecular weight excluding hydrogens is 481 g/mol. The number of methoxy groups -OCH3 is 1. The third kappa shape index (κ3) is 6.48. The number of rotatable bonds is 9. The highest BCUT2D eigenvalue weighted by Crippen LogP contribution is 2.28. The van der Waals surface area contributed by atoms with Crippen LogP contribution < -0.4 is 5.32 Å². The Morgan fingerprint density at radius 3 is 2.43 bits per heavy atom. The molecule has 0 spiro atoms. The predicted octanol–water partition coefficient (Wildman–Crippen LogP) is 1.90. The summed E-state index contributed by atoms with van der Waals surface area (Å²) in [7, 11) is 1.61. The van der Waals surface area contributed by atoms with Crippen LogP contribution in [0.25, 0.3) is 0 Å². The smallest absolute Gasteiger partial charge is 0.269 e. The van der Waals surface area contributed by atoms with Gasteiger partial charge in [0.1, 0.15) is 11.9 Å². The topological polar surface area (TPSA) is 108 Å². The Balaban J connectivity index is 1.58. The number of carbonyl (C=O) groups is 2. The molecule has 0 bridgehead atoms. The van der Waals surface area contributed by atoms with E-state index in [1.54, 1.807) is 29.0 Å². The van der Waals surface area contributed by atoms with Gasteiger partial charge in [0.15, 0.2) is 0 Å². The fourth-order valence-electron chi connectivity index (χ4n) is 4.95. The van der Waals surface area contributed by atoms with Crippen LogP contribution in [-0.2, 0) is 16.1 Å². The van der Waals surface area contributed by atoms with E-state index in [-0.39, 0.29) is 23.5 Å². The summed E-state index contributed by atoms with van der Waals surface area (Å²) in [5, 5.41) is 14.3. The van der Waals surface area contributed by atoms with Gasteiger partial charge >= 0.3 is 0 Å². The first-order chi connectivity index (χ1) is 17.9. The van der Waals surface area contributed by atoms with Crippen molar-refractivity contribution in [2.24, 2.45) is 0 Å². The molecule has 2 aliphatic rings. The molecule has 0 aromatic heterocycles. The number of carbonyl (C=O) groups excluding carboxylic acids is 2. The van der Waals surface area contributed by atoms with Gasteiger partial charge in [-0.3, -0.25) is 24.6 Å². The number of hydrogen-bond acceptors (Lipinski definition) is 7. The minimum atomic E-state index is -0.637. The van der Waals surface area contributed by atoms with Crippen molar-refractivity contribution < 1.29 is 23.6 Å². The number of nitro groups is 1. The van der Waals surface area contributed by atoms with Crippen LogP contribution in [-0.4, -0.2) is 96.5 Å². The third-order valence-electron chi connectivity index (χ3n) is 6.98. The Morgan fingerprint density at radius 2 is 1.81 bits per heavy atom. The molecule has 2 aliphatic heterocycles. The molecule has 1 N–H and O–H groups in total. The highest BCUT2D eigenvalue weighted by molar-refractivity contribution is 5.98. The number of benzene rings is 2. The van der Waals surface area contributed by atoms with Gasteiger partial charge in [0.05, 0.1) is 11.5 Å². The number of amides is 2. The average molecular weight is 514 g/mol. The molecule has 2 aromatic rings. The van der Waals surface area contributed by atoms with E-state index in [0.29, 0.717) is 64.4 Å². The van der Waals surface area contributed by atoms with E-state index >= 15 is 0 Å². The van der Waals surface area contributed by atoms with Gasteiger partial charge in [-0.1, -0.05) is 12.1 Å². The number of hydrogen-bond donors (Lipinski definition) is 1. The Morgan fingerprint density at radius 1 is 1.14 bits per heavy atom. The van der Waals surface area contributed by atoms with Gasteiger partial charge < -0.3 is 19.9 Å². The van der Waals surface area contributed by atoms with Crippen LogP contribution >= 0.6 is 0 Å². The van der Waals surface area contributed by atoms with E-state index in [2.05, 4.69) is 10.2 Å². The number of piperazine rings is 1. The average Bonchev–Trinajstić information content (AvgIpc) is 3.37. The van der Waals surface area contributed by atoms with Gasteiger partial charge in [0.25, 0.3) is 11.6 Å². The molecule has 2 fully saturated rings. The van der Waals surface area contributed by atoms with E-state index in [1.807, 2.05) is 0 Å². The van der Waals surface area contributed by atoms with Crippen molar-refractivity contribution in [1.82, 2.24) is 20.0 Å². The van der Waals surface area contributed by atoms with Gasteiger partial charge in [0, 0.05) is 76.7 Å². The van der Waals surface area contributed by atoms with E-state index in [0.717, 1.165) is 5.56 Å². The molecule has 2 aromatic carbocycles. The largest absolute Gasteiger partial charge is 0.383 e.